The van der Waals surface area contributed by atoms with E-state index >= 15 is 0 Å². The number of nitro groups is 1. The number of hydrogen-bond donors (Lipinski definition) is 2. The van der Waals surface area contributed by atoms with Gasteiger partial charge in [-0.2, -0.15) is 5.10 Å². The molecule has 2 aromatic carbocycles. The second-order valence-corrected chi connectivity index (χ2v) is 7.17. The highest BCUT2D eigenvalue weighted by molar-refractivity contribution is 5.89. The number of nitrogens with zero attached hydrogens (tertiary/aromatic N) is 2. The van der Waals surface area contributed by atoms with Crippen LogP contribution in [-0.2, 0) is 10.2 Å². The summed E-state index contributed by atoms with van der Waals surface area (Å²) in [6, 6.07) is 9.95. The standard InChI is InChI=1S/C20H23N3O6/c1-20(2,3)14-6-8-15(9-7-14)29-12-17(25)22-21-11-13-5-10-16(24)19(28-4)18(13)23(26)27/h5-11,24H,12H2,1-4H3,(H,22,25)/b21-11-. The first kappa shape index (κ1) is 21.7. The van der Waals surface area contributed by atoms with Crippen molar-refractivity contribution in [2.75, 3.05) is 13.7 Å². The smallest absolute Gasteiger partial charge is 0.323 e. The van der Waals surface area contributed by atoms with Gasteiger partial charge in [-0.3, -0.25) is 14.9 Å². The minimum absolute atomic E-state index is 0.0180. The summed E-state index contributed by atoms with van der Waals surface area (Å²) < 4.78 is 10.3. The second kappa shape index (κ2) is 9.05. The molecule has 0 aliphatic carbocycles. The number of ether oxygens (including phenoxy) is 2. The molecule has 0 aromatic heterocycles. The summed E-state index contributed by atoms with van der Waals surface area (Å²) >= 11 is 0. The average molecular weight is 401 g/mol. The molecular weight excluding hydrogens is 378 g/mol. The molecule has 1 amide bonds. The molecule has 2 aromatic rings. The molecule has 0 fully saturated rings. The van der Waals surface area contributed by atoms with Crippen molar-refractivity contribution in [1.82, 2.24) is 5.43 Å². The SMILES string of the molecule is COc1c(O)ccc(/C=N\NC(=O)COc2ccc(C(C)(C)C)cc2)c1[N+](=O)[O-]. The van der Waals surface area contributed by atoms with Crippen LogP contribution in [0.25, 0.3) is 0 Å². The highest BCUT2D eigenvalue weighted by Crippen LogP contribution is 2.37. The molecule has 0 saturated carbocycles. The van der Waals surface area contributed by atoms with E-state index in [2.05, 4.69) is 31.3 Å². The van der Waals surface area contributed by atoms with Gasteiger partial charge in [-0.05, 0) is 35.2 Å². The zero-order chi connectivity index (χ0) is 21.6. The van der Waals surface area contributed by atoms with Crippen molar-refractivity contribution in [2.24, 2.45) is 5.10 Å². The summed E-state index contributed by atoms with van der Waals surface area (Å²) in [4.78, 5) is 22.4. The first-order chi connectivity index (χ1) is 13.6. The molecule has 0 atom stereocenters. The van der Waals surface area contributed by atoms with E-state index in [4.69, 9.17) is 9.47 Å². The monoisotopic (exact) mass is 401 g/mol. The third kappa shape index (κ3) is 5.68. The first-order valence-corrected chi connectivity index (χ1v) is 8.73. The van der Waals surface area contributed by atoms with Crippen LogP contribution >= 0.6 is 0 Å². The topological polar surface area (TPSA) is 123 Å². The summed E-state index contributed by atoms with van der Waals surface area (Å²) in [5.74, 6) is -0.649. The fraction of sp³-hybridized carbons (Fsp3) is 0.300. The molecule has 29 heavy (non-hydrogen) atoms. The number of carbonyl (C=O) groups is 1. The van der Waals surface area contributed by atoms with Gasteiger partial charge in [-0.15, -0.1) is 0 Å². The molecule has 0 saturated heterocycles. The third-order valence-electron chi connectivity index (χ3n) is 4.01. The van der Waals surface area contributed by atoms with Crippen molar-refractivity contribution in [2.45, 2.75) is 26.2 Å². The highest BCUT2D eigenvalue weighted by atomic mass is 16.6. The number of phenolic OH excluding ortho intramolecular Hbond substituents is 1. The van der Waals surface area contributed by atoms with Crippen LogP contribution in [-0.4, -0.2) is 35.9 Å². The number of hydrazone groups is 1. The van der Waals surface area contributed by atoms with E-state index in [-0.39, 0.29) is 29.1 Å². The molecule has 9 heteroatoms. The maximum absolute atomic E-state index is 11.9. The Kier molecular flexibility index (Phi) is 6.76. The van der Waals surface area contributed by atoms with Gasteiger partial charge in [0.1, 0.15) is 5.75 Å². The predicted octanol–water partition coefficient (Wildman–Crippen LogP) is 3.14. The maximum Gasteiger partial charge on any atom is 0.323 e. The minimum atomic E-state index is -0.702. The molecule has 0 bridgehead atoms. The lowest BCUT2D eigenvalue weighted by molar-refractivity contribution is -0.386. The number of benzene rings is 2. The fourth-order valence-corrected chi connectivity index (χ4v) is 2.48. The summed E-state index contributed by atoms with van der Waals surface area (Å²) in [7, 11) is 1.20. The van der Waals surface area contributed by atoms with Gasteiger partial charge >= 0.3 is 5.69 Å². The van der Waals surface area contributed by atoms with Crippen molar-refractivity contribution in [3.05, 3.63) is 57.6 Å². The molecule has 0 unspecified atom stereocenters. The molecule has 0 radical (unpaired) electrons. The molecule has 0 heterocycles. The van der Waals surface area contributed by atoms with Crippen LogP contribution in [0.1, 0.15) is 31.9 Å². The van der Waals surface area contributed by atoms with Crippen LogP contribution in [0, 0.1) is 10.1 Å². The number of aromatic hydroxyl groups is 1. The van der Waals surface area contributed by atoms with Crippen LogP contribution in [0.3, 0.4) is 0 Å². The molecule has 2 N–H and O–H groups in total. The first-order valence-electron chi connectivity index (χ1n) is 8.73. The molecule has 0 aliphatic rings. The zero-order valence-corrected chi connectivity index (χ0v) is 16.6. The Balaban J connectivity index is 1.97. The van der Waals surface area contributed by atoms with E-state index in [1.807, 2.05) is 12.1 Å². The lowest BCUT2D eigenvalue weighted by atomic mass is 9.87. The number of methoxy groups -OCH3 is 1. The number of hydrogen-bond acceptors (Lipinski definition) is 7. The summed E-state index contributed by atoms with van der Waals surface area (Å²) in [6.45, 7) is 6.03. The summed E-state index contributed by atoms with van der Waals surface area (Å²) in [5.41, 5.74) is 3.00. The normalized spacial score (nSPS) is 11.3. The van der Waals surface area contributed by atoms with Crippen LogP contribution in [0.2, 0.25) is 0 Å². The van der Waals surface area contributed by atoms with Gasteiger partial charge in [0.25, 0.3) is 5.91 Å². The molecular formula is C20H23N3O6. The predicted molar refractivity (Wildman–Crippen MR) is 108 cm³/mol. The quantitative estimate of drug-likeness (QED) is 0.417. The van der Waals surface area contributed by atoms with Crippen LogP contribution in [0.5, 0.6) is 17.2 Å². The highest BCUT2D eigenvalue weighted by Gasteiger charge is 2.23. The third-order valence-corrected chi connectivity index (χ3v) is 4.01. The van der Waals surface area contributed by atoms with Crippen molar-refractivity contribution in [1.29, 1.82) is 0 Å². The number of phenols is 1. The summed E-state index contributed by atoms with van der Waals surface area (Å²) in [5, 5.41) is 24.6. The Morgan fingerprint density at radius 2 is 1.90 bits per heavy atom. The minimum Gasteiger partial charge on any atom is -0.504 e. The van der Waals surface area contributed by atoms with Crippen molar-refractivity contribution in [3.63, 3.8) is 0 Å². The van der Waals surface area contributed by atoms with Crippen molar-refractivity contribution in [3.8, 4) is 17.2 Å². The van der Waals surface area contributed by atoms with Gasteiger partial charge in [0.05, 0.1) is 23.8 Å². The van der Waals surface area contributed by atoms with E-state index in [0.29, 0.717) is 5.75 Å². The van der Waals surface area contributed by atoms with E-state index in [1.54, 1.807) is 12.1 Å². The number of carbonyl (C=O) groups excluding carboxylic acids is 1. The van der Waals surface area contributed by atoms with Crippen LogP contribution < -0.4 is 14.9 Å². The van der Waals surface area contributed by atoms with Crippen molar-refractivity contribution < 1.29 is 24.3 Å². The Morgan fingerprint density at radius 3 is 2.45 bits per heavy atom. The number of nitrogens with one attached hydrogen (secondary N) is 1. The lowest BCUT2D eigenvalue weighted by Crippen LogP contribution is -2.24. The van der Waals surface area contributed by atoms with Gasteiger partial charge in [-0.25, -0.2) is 5.43 Å². The Bertz CT molecular complexity index is 917. The van der Waals surface area contributed by atoms with E-state index in [0.717, 1.165) is 11.8 Å². The Morgan fingerprint density at radius 1 is 1.24 bits per heavy atom. The number of amides is 1. The average Bonchev–Trinajstić information content (AvgIpc) is 2.66. The summed E-state index contributed by atoms with van der Waals surface area (Å²) in [6.07, 6.45) is 1.09. The molecule has 9 nitrogen and oxygen atoms in total. The van der Waals surface area contributed by atoms with Gasteiger partial charge < -0.3 is 14.6 Å². The number of rotatable bonds is 7. The van der Waals surface area contributed by atoms with E-state index in [9.17, 15) is 20.0 Å². The fourth-order valence-electron chi connectivity index (χ4n) is 2.48. The Hall–Kier alpha value is -3.62. The van der Waals surface area contributed by atoms with E-state index < -0.39 is 16.5 Å². The molecule has 0 aliphatic heterocycles. The van der Waals surface area contributed by atoms with Gasteiger partial charge in [0.2, 0.25) is 5.75 Å². The molecule has 154 valence electrons. The largest absolute Gasteiger partial charge is 0.504 e. The zero-order valence-electron chi connectivity index (χ0n) is 16.6. The van der Waals surface area contributed by atoms with Gasteiger partial charge in [-0.1, -0.05) is 32.9 Å². The molecule has 0 spiro atoms. The number of nitro benzene ring substituents is 1. The van der Waals surface area contributed by atoms with E-state index in [1.165, 1.54) is 19.2 Å². The second-order valence-electron chi connectivity index (χ2n) is 7.17. The van der Waals surface area contributed by atoms with Crippen LogP contribution in [0.15, 0.2) is 41.5 Å². The van der Waals surface area contributed by atoms with Crippen LogP contribution in [0.4, 0.5) is 5.69 Å². The maximum atomic E-state index is 11.9. The van der Waals surface area contributed by atoms with Gasteiger partial charge in [0.15, 0.2) is 12.4 Å². The molecule has 2 rings (SSSR count). The van der Waals surface area contributed by atoms with Crippen molar-refractivity contribution >= 4 is 17.8 Å². The van der Waals surface area contributed by atoms with Gasteiger partial charge in [0, 0.05) is 0 Å². The Labute approximate surface area is 168 Å². The lowest BCUT2D eigenvalue weighted by Gasteiger charge is -2.19.